The van der Waals surface area contributed by atoms with Crippen molar-refractivity contribution >= 4 is 11.9 Å². The fourth-order valence-corrected chi connectivity index (χ4v) is 1.81. The topological polar surface area (TPSA) is 86.1 Å². The van der Waals surface area contributed by atoms with Crippen LogP contribution in [-0.2, 0) is 16.1 Å². The molecule has 0 bridgehead atoms. The van der Waals surface area contributed by atoms with Crippen LogP contribution in [0.2, 0.25) is 0 Å². The van der Waals surface area contributed by atoms with Gasteiger partial charge in [-0.2, -0.15) is 0 Å². The van der Waals surface area contributed by atoms with Crippen molar-refractivity contribution in [1.29, 1.82) is 0 Å². The van der Waals surface area contributed by atoms with Gasteiger partial charge in [-0.3, -0.25) is 4.79 Å². The van der Waals surface area contributed by atoms with Crippen molar-refractivity contribution in [3.8, 4) is 0 Å². The quantitative estimate of drug-likeness (QED) is 0.760. The number of carbonyl (C=O) groups excluding carboxylic acids is 2. The van der Waals surface area contributed by atoms with Gasteiger partial charge in [0.05, 0.1) is 18.8 Å². The lowest BCUT2D eigenvalue weighted by Gasteiger charge is -2.06. The number of nitrogens with zero attached hydrogens (tertiary/aromatic N) is 3. The number of hydrogen-bond donors (Lipinski definition) is 1. The summed E-state index contributed by atoms with van der Waals surface area (Å²) in [7, 11) is 0. The van der Waals surface area contributed by atoms with Crippen molar-refractivity contribution < 1.29 is 14.3 Å². The summed E-state index contributed by atoms with van der Waals surface area (Å²) in [6.07, 6.45) is 2.47. The molecule has 1 saturated carbocycles. The number of aromatic nitrogens is 3. The lowest BCUT2D eigenvalue weighted by atomic mass is 10.2. The van der Waals surface area contributed by atoms with Gasteiger partial charge in [0.25, 0.3) is 0 Å². The summed E-state index contributed by atoms with van der Waals surface area (Å²) in [5, 5.41) is 10.7. The van der Waals surface area contributed by atoms with E-state index < -0.39 is 5.97 Å². The maximum absolute atomic E-state index is 11.9. The molecule has 0 atom stereocenters. The molecular formula is C14H22N4O3. The number of aryl methyl sites for hydroxylation is 1. The van der Waals surface area contributed by atoms with Crippen LogP contribution in [0.5, 0.6) is 0 Å². The van der Waals surface area contributed by atoms with Gasteiger partial charge in [0, 0.05) is 12.5 Å². The van der Waals surface area contributed by atoms with E-state index in [4.69, 9.17) is 4.74 Å². The molecule has 116 valence electrons. The van der Waals surface area contributed by atoms with Gasteiger partial charge in [0.2, 0.25) is 5.91 Å². The number of hydrogen-bond acceptors (Lipinski definition) is 5. The largest absolute Gasteiger partial charge is 0.461 e. The second kappa shape index (κ2) is 6.69. The minimum atomic E-state index is -0.463. The molecule has 0 aromatic carbocycles. The molecule has 21 heavy (non-hydrogen) atoms. The monoisotopic (exact) mass is 294 g/mol. The van der Waals surface area contributed by atoms with Crippen molar-refractivity contribution in [1.82, 2.24) is 20.3 Å². The number of ether oxygens (including phenoxy) is 1. The highest BCUT2D eigenvalue weighted by atomic mass is 16.5. The predicted molar refractivity (Wildman–Crippen MR) is 75.7 cm³/mol. The van der Waals surface area contributed by atoms with Crippen molar-refractivity contribution in [3.05, 3.63) is 11.4 Å². The first-order valence-corrected chi connectivity index (χ1v) is 7.34. The molecule has 0 unspecified atom stereocenters. The molecule has 1 aromatic heterocycles. The highest BCUT2D eigenvalue weighted by Gasteiger charge is 2.23. The van der Waals surface area contributed by atoms with Gasteiger partial charge in [0.1, 0.15) is 0 Å². The summed E-state index contributed by atoms with van der Waals surface area (Å²) in [6.45, 7) is 6.46. The van der Waals surface area contributed by atoms with E-state index >= 15 is 0 Å². The van der Waals surface area contributed by atoms with Gasteiger partial charge in [-0.1, -0.05) is 19.1 Å². The van der Waals surface area contributed by atoms with Gasteiger partial charge < -0.3 is 10.1 Å². The summed E-state index contributed by atoms with van der Waals surface area (Å²) >= 11 is 0. The molecule has 1 aliphatic rings. The van der Waals surface area contributed by atoms with Crippen LogP contribution in [0.25, 0.3) is 0 Å². The first-order chi connectivity index (χ1) is 9.97. The Bertz CT molecular complexity index is 520. The van der Waals surface area contributed by atoms with Crippen LogP contribution in [-0.4, -0.2) is 39.5 Å². The van der Waals surface area contributed by atoms with E-state index in [2.05, 4.69) is 15.6 Å². The van der Waals surface area contributed by atoms with E-state index in [1.807, 2.05) is 13.8 Å². The number of rotatable bonds is 7. The fourth-order valence-electron chi connectivity index (χ4n) is 1.81. The van der Waals surface area contributed by atoms with Crippen LogP contribution >= 0.6 is 0 Å². The number of amides is 1. The Hall–Kier alpha value is -1.92. The average Bonchev–Trinajstić information content (AvgIpc) is 3.16. The van der Waals surface area contributed by atoms with E-state index in [1.165, 1.54) is 0 Å². The summed E-state index contributed by atoms with van der Waals surface area (Å²) in [6, 6.07) is 0.357. The van der Waals surface area contributed by atoms with Gasteiger partial charge in [0.15, 0.2) is 5.69 Å². The second-order valence-electron chi connectivity index (χ2n) is 5.83. The Morgan fingerprint density at radius 2 is 2.14 bits per heavy atom. The zero-order chi connectivity index (χ0) is 15.4. The Morgan fingerprint density at radius 1 is 1.43 bits per heavy atom. The van der Waals surface area contributed by atoms with Gasteiger partial charge in [-0.15, -0.1) is 5.10 Å². The highest BCUT2D eigenvalue weighted by molar-refractivity contribution is 5.88. The van der Waals surface area contributed by atoms with Crippen LogP contribution in [0.1, 0.15) is 49.3 Å². The smallest absolute Gasteiger partial charge is 0.360 e. The van der Waals surface area contributed by atoms with E-state index in [1.54, 1.807) is 11.6 Å². The van der Waals surface area contributed by atoms with Gasteiger partial charge >= 0.3 is 5.97 Å². The third kappa shape index (κ3) is 4.54. The molecular weight excluding hydrogens is 272 g/mol. The van der Waals surface area contributed by atoms with Crippen LogP contribution in [0, 0.1) is 12.8 Å². The van der Waals surface area contributed by atoms with Gasteiger partial charge in [-0.05, 0) is 25.7 Å². The van der Waals surface area contributed by atoms with Crippen LogP contribution in [0.15, 0.2) is 0 Å². The molecule has 1 heterocycles. The second-order valence-corrected chi connectivity index (χ2v) is 5.83. The lowest BCUT2D eigenvalue weighted by molar-refractivity contribution is -0.121. The molecule has 0 radical (unpaired) electrons. The zero-order valence-electron chi connectivity index (χ0n) is 12.8. The molecule has 0 saturated heterocycles. The molecule has 0 aliphatic heterocycles. The summed E-state index contributed by atoms with van der Waals surface area (Å²) in [5.41, 5.74) is 0.848. The maximum atomic E-state index is 11.9. The minimum Gasteiger partial charge on any atom is -0.461 e. The predicted octanol–water partition coefficient (Wildman–Crippen LogP) is 1.07. The van der Waals surface area contributed by atoms with Gasteiger partial charge in [-0.25, -0.2) is 9.48 Å². The fraction of sp³-hybridized carbons (Fsp3) is 0.714. The highest BCUT2D eigenvalue weighted by Crippen LogP contribution is 2.18. The molecule has 7 nitrogen and oxygen atoms in total. The SMILES string of the molecule is Cc1c(C(=O)OCC(C)C)nnn1CCC(=O)NC1CC1. The Balaban J connectivity index is 1.86. The zero-order valence-corrected chi connectivity index (χ0v) is 12.8. The van der Waals surface area contributed by atoms with E-state index in [0.29, 0.717) is 31.3 Å². The Kier molecular flexibility index (Phi) is 4.93. The number of esters is 1. The Morgan fingerprint density at radius 3 is 2.76 bits per heavy atom. The third-order valence-corrected chi connectivity index (χ3v) is 3.22. The van der Waals surface area contributed by atoms with E-state index in [-0.39, 0.29) is 17.5 Å². The first kappa shape index (κ1) is 15.5. The van der Waals surface area contributed by atoms with E-state index in [0.717, 1.165) is 12.8 Å². The van der Waals surface area contributed by atoms with Crippen molar-refractivity contribution in [2.45, 2.75) is 52.6 Å². The minimum absolute atomic E-state index is 0.0105. The van der Waals surface area contributed by atoms with Crippen LogP contribution < -0.4 is 5.32 Å². The van der Waals surface area contributed by atoms with Crippen LogP contribution in [0.4, 0.5) is 0 Å². The van der Waals surface area contributed by atoms with E-state index in [9.17, 15) is 9.59 Å². The molecule has 1 fully saturated rings. The first-order valence-electron chi connectivity index (χ1n) is 7.34. The normalized spacial score (nSPS) is 14.3. The number of carbonyl (C=O) groups is 2. The number of nitrogens with one attached hydrogen (secondary N) is 1. The lowest BCUT2D eigenvalue weighted by Crippen LogP contribution is -2.26. The maximum Gasteiger partial charge on any atom is 0.360 e. The molecule has 1 N–H and O–H groups in total. The molecule has 7 heteroatoms. The third-order valence-electron chi connectivity index (χ3n) is 3.22. The van der Waals surface area contributed by atoms with Crippen molar-refractivity contribution in [3.63, 3.8) is 0 Å². The summed E-state index contributed by atoms with van der Waals surface area (Å²) < 4.78 is 6.70. The van der Waals surface area contributed by atoms with Crippen LogP contribution in [0.3, 0.4) is 0 Å². The van der Waals surface area contributed by atoms with Crippen molar-refractivity contribution in [2.24, 2.45) is 5.92 Å². The molecule has 2 rings (SSSR count). The summed E-state index contributed by atoms with van der Waals surface area (Å²) in [4.78, 5) is 23.5. The average molecular weight is 294 g/mol. The van der Waals surface area contributed by atoms with Crippen molar-refractivity contribution in [2.75, 3.05) is 6.61 Å². The molecule has 1 aromatic rings. The standard InChI is InChI=1S/C14H22N4O3/c1-9(2)8-21-14(20)13-10(3)18(17-16-13)7-6-12(19)15-11-4-5-11/h9,11H,4-8H2,1-3H3,(H,15,19). The summed E-state index contributed by atoms with van der Waals surface area (Å²) in [5.74, 6) is -0.179. The Labute approximate surface area is 124 Å². The molecule has 1 aliphatic carbocycles. The molecule has 1 amide bonds. The molecule has 0 spiro atoms.